The first-order chi connectivity index (χ1) is 13.2. The van der Waals surface area contributed by atoms with Crippen molar-refractivity contribution in [2.75, 3.05) is 28.1 Å². The van der Waals surface area contributed by atoms with Gasteiger partial charge in [-0.15, -0.1) is 13.2 Å². The van der Waals surface area contributed by atoms with E-state index >= 15 is 0 Å². The zero-order chi connectivity index (χ0) is 19.6. The van der Waals surface area contributed by atoms with E-state index in [0.29, 0.717) is 35.2 Å². The Morgan fingerprint density at radius 1 is 0.778 bits per heavy atom. The Labute approximate surface area is 160 Å². The highest BCUT2D eigenvalue weighted by Crippen LogP contribution is 2.43. The Morgan fingerprint density at radius 3 is 2.04 bits per heavy atom. The van der Waals surface area contributed by atoms with Crippen molar-refractivity contribution in [3.63, 3.8) is 0 Å². The van der Waals surface area contributed by atoms with Gasteiger partial charge in [0.2, 0.25) is 5.75 Å². The molecule has 0 unspecified atom stereocenters. The fourth-order valence-corrected chi connectivity index (χ4v) is 2.61. The molecule has 2 rings (SSSR count). The average Bonchev–Trinajstić information content (AvgIpc) is 2.68. The molecule has 0 N–H and O–H groups in total. The van der Waals surface area contributed by atoms with Crippen LogP contribution in [0.4, 0.5) is 0 Å². The third kappa shape index (κ3) is 5.28. The van der Waals surface area contributed by atoms with Crippen LogP contribution in [0.25, 0.3) is 0 Å². The maximum absolute atomic E-state index is 6.15. The van der Waals surface area contributed by atoms with Gasteiger partial charge in [0, 0.05) is 7.11 Å². The van der Waals surface area contributed by atoms with Gasteiger partial charge in [-0.3, -0.25) is 0 Å². The molecule has 2 aromatic carbocycles. The number of hydrogen-bond donors (Lipinski definition) is 0. The van der Waals surface area contributed by atoms with Gasteiger partial charge in [0.1, 0.15) is 0 Å². The minimum Gasteiger partial charge on any atom is -0.493 e. The van der Waals surface area contributed by atoms with Gasteiger partial charge in [0.05, 0.1) is 14.2 Å². The van der Waals surface area contributed by atoms with Crippen molar-refractivity contribution in [1.82, 2.24) is 0 Å². The van der Waals surface area contributed by atoms with Gasteiger partial charge in [-0.1, -0.05) is 18.2 Å². The standard InChI is InChI=1S/C22H26O5/c1-6-8-16-10-11-18(19(12-16)24-4)27-21-14-17(9-7-2)13-20(25-5)22(21)26-15-23-3/h6-7,10-14H,1-2,8-9,15H2,3-5H3. The number of ether oxygens (including phenoxy) is 5. The maximum Gasteiger partial charge on any atom is 0.206 e. The van der Waals surface area contributed by atoms with E-state index in [9.17, 15) is 0 Å². The summed E-state index contributed by atoms with van der Waals surface area (Å²) in [6.07, 6.45) is 5.09. The molecule has 0 heterocycles. The summed E-state index contributed by atoms with van der Waals surface area (Å²) >= 11 is 0. The SMILES string of the molecule is C=CCc1ccc(Oc2cc(CC=C)cc(OC)c2OCOC)c(OC)c1. The van der Waals surface area contributed by atoms with Crippen LogP contribution in [0.2, 0.25) is 0 Å². The van der Waals surface area contributed by atoms with Gasteiger partial charge in [0.15, 0.2) is 29.8 Å². The molecule has 0 saturated heterocycles. The Morgan fingerprint density at radius 2 is 1.41 bits per heavy atom. The van der Waals surface area contributed by atoms with Crippen molar-refractivity contribution in [3.8, 4) is 28.7 Å². The highest BCUT2D eigenvalue weighted by atomic mass is 16.7. The Bertz CT molecular complexity index is 783. The molecule has 2 aromatic rings. The van der Waals surface area contributed by atoms with Gasteiger partial charge in [0.25, 0.3) is 0 Å². The average molecular weight is 370 g/mol. The van der Waals surface area contributed by atoms with Gasteiger partial charge in [-0.05, 0) is 48.2 Å². The number of hydrogen-bond acceptors (Lipinski definition) is 5. The molecule has 0 radical (unpaired) electrons. The summed E-state index contributed by atoms with van der Waals surface area (Å²) in [6.45, 7) is 7.63. The van der Waals surface area contributed by atoms with Crippen LogP contribution >= 0.6 is 0 Å². The highest BCUT2D eigenvalue weighted by molar-refractivity contribution is 5.57. The van der Waals surface area contributed by atoms with E-state index in [2.05, 4.69) is 13.2 Å². The normalized spacial score (nSPS) is 10.2. The minimum atomic E-state index is 0.0724. The molecular weight excluding hydrogens is 344 g/mol. The number of methoxy groups -OCH3 is 3. The highest BCUT2D eigenvalue weighted by Gasteiger charge is 2.17. The second-order valence-corrected chi connectivity index (χ2v) is 5.75. The molecule has 144 valence electrons. The zero-order valence-electron chi connectivity index (χ0n) is 16.1. The summed E-state index contributed by atoms with van der Waals surface area (Å²) < 4.78 is 27.8. The molecule has 0 aliphatic rings. The van der Waals surface area contributed by atoms with E-state index in [-0.39, 0.29) is 6.79 Å². The van der Waals surface area contributed by atoms with Crippen molar-refractivity contribution in [2.45, 2.75) is 12.8 Å². The largest absolute Gasteiger partial charge is 0.493 e. The molecule has 0 amide bonds. The van der Waals surface area contributed by atoms with Gasteiger partial charge >= 0.3 is 0 Å². The lowest BCUT2D eigenvalue weighted by molar-refractivity contribution is 0.0474. The summed E-state index contributed by atoms with van der Waals surface area (Å²) in [5, 5.41) is 0. The Balaban J connectivity index is 2.47. The minimum absolute atomic E-state index is 0.0724. The van der Waals surface area contributed by atoms with Crippen LogP contribution in [0.5, 0.6) is 28.7 Å². The molecule has 0 atom stereocenters. The lowest BCUT2D eigenvalue weighted by Gasteiger charge is -2.18. The van der Waals surface area contributed by atoms with E-state index in [1.54, 1.807) is 21.3 Å². The van der Waals surface area contributed by atoms with Crippen LogP contribution in [0.3, 0.4) is 0 Å². The summed E-state index contributed by atoms with van der Waals surface area (Å²) in [4.78, 5) is 0. The third-order valence-electron chi connectivity index (χ3n) is 3.83. The second kappa shape index (κ2) is 10.3. The predicted octanol–water partition coefficient (Wildman–Crippen LogP) is 4.94. The molecule has 27 heavy (non-hydrogen) atoms. The molecule has 0 saturated carbocycles. The first-order valence-corrected chi connectivity index (χ1v) is 8.56. The van der Waals surface area contributed by atoms with E-state index in [1.807, 2.05) is 42.5 Å². The van der Waals surface area contributed by atoms with Crippen LogP contribution in [0.15, 0.2) is 55.6 Å². The molecule has 5 heteroatoms. The molecule has 0 spiro atoms. The van der Waals surface area contributed by atoms with Crippen molar-refractivity contribution in [1.29, 1.82) is 0 Å². The van der Waals surface area contributed by atoms with Gasteiger partial charge < -0.3 is 23.7 Å². The van der Waals surface area contributed by atoms with Crippen LogP contribution in [0, 0.1) is 0 Å². The van der Waals surface area contributed by atoms with E-state index in [4.69, 9.17) is 23.7 Å². The maximum atomic E-state index is 6.15. The fraction of sp³-hybridized carbons (Fsp3) is 0.273. The quantitative estimate of drug-likeness (QED) is 0.414. The number of allylic oxidation sites excluding steroid dienone is 2. The topological polar surface area (TPSA) is 46.2 Å². The van der Waals surface area contributed by atoms with E-state index < -0.39 is 0 Å². The molecule has 0 aliphatic heterocycles. The zero-order valence-corrected chi connectivity index (χ0v) is 16.1. The molecular formula is C22H26O5. The van der Waals surface area contributed by atoms with Crippen molar-refractivity contribution < 1.29 is 23.7 Å². The fourth-order valence-electron chi connectivity index (χ4n) is 2.61. The van der Waals surface area contributed by atoms with Crippen LogP contribution in [-0.4, -0.2) is 28.1 Å². The molecule has 5 nitrogen and oxygen atoms in total. The monoisotopic (exact) mass is 370 g/mol. The molecule has 0 aromatic heterocycles. The molecule has 0 bridgehead atoms. The van der Waals surface area contributed by atoms with Gasteiger partial charge in [-0.2, -0.15) is 0 Å². The summed E-state index contributed by atoms with van der Waals surface area (Å²) in [5.74, 6) is 2.73. The lowest BCUT2D eigenvalue weighted by atomic mass is 10.1. The van der Waals surface area contributed by atoms with E-state index in [1.165, 1.54) is 0 Å². The summed E-state index contributed by atoms with van der Waals surface area (Å²) in [7, 11) is 4.75. The predicted molar refractivity (Wildman–Crippen MR) is 106 cm³/mol. The second-order valence-electron chi connectivity index (χ2n) is 5.75. The smallest absolute Gasteiger partial charge is 0.206 e. The van der Waals surface area contributed by atoms with Crippen molar-refractivity contribution >= 4 is 0 Å². The molecule has 0 aliphatic carbocycles. The lowest BCUT2D eigenvalue weighted by Crippen LogP contribution is -2.04. The first kappa shape index (κ1) is 20.4. The molecule has 0 fully saturated rings. The Kier molecular flexibility index (Phi) is 7.77. The third-order valence-corrected chi connectivity index (χ3v) is 3.83. The van der Waals surface area contributed by atoms with Gasteiger partial charge in [-0.25, -0.2) is 0 Å². The number of benzene rings is 2. The first-order valence-electron chi connectivity index (χ1n) is 8.56. The summed E-state index contributed by atoms with van der Waals surface area (Å²) in [5.41, 5.74) is 2.08. The van der Waals surface area contributed by atoms with Crippen LogP contribution < -0.4 is 18.9 Å². The van der Waals surface area contributed by atoms with E-state index in [0.717, 1.165) is 17.5 Å². The van der Waals surface area contributed by atoms with Crippen molar-refractivity contribution in [2.24, 2.45) is 0 Å². The van der Waals surface area contributed by atoms with Crippen molar-refractivity contribution in [3.05, 3.63) is 66.8 Å². The number of rotatable bonds is 11. The van der Waals surface area contributed by atoms with Crippen LogP contribution in [-0.2, 0) is 17.6 Å². The Hall–Kier alpha value is -2.92. The van der Waals surface area contributed by atoms with Crippen LogP contribution in [0.1, 0.15) is 11.1 Å². The summed E-state index contributed by atoms with van der Waals surface area (Å²) in [6, 6.07) is 9.55.